The zero-order valence-corrected chi connectivity index (χ0v) is 9.67. The van der Waals surface area contributed by atoms with Crippen LogP contribution in [0.1, 0.15) is 19.8 Å². The predicted molar refractivity (Wildman–Crippen MR) is 55.3 cm³/mol. The molecule has 0 bridgehead atoms. The summed E-state index contributed by atoms with van der Waals surface area (Å²) < 4.78 is 41.2. The molecular formula is C10H17F3N2O2. The lowest BCUT2D eigenvalue weighted by Gasteiger charge is -2.34. The third-order valence-electron chi connectivity index (χ3n) is 2.65. The van der Waals surface area contributed by atoms with E-state index >= 15 is 0 Å². The molecule has 1 amide bonds. The molecule has 100 valence electrons. The molecule has 0 radical (unpaired) electrons. The van der Waals surface area contributed by atoms with Crippen LogP contribution in [0, 0.1) is 0 Å². The summed E-state index contributed by atoms with van der Waals surface area (Å²) in [6.45, 7) is 2.67. The third-order valence-corrected chi connectivity index (χ3v) is 2.65. The lowest BCUT2D eigenvalue weighted by molar-refractivity contribution is -0.153. The highest BCUT2D eigenvalue weighted by atomic mass is 19.4. The van der Waals surface area contributed by atoms with Crippen molar-refractivity contribution >= 4 is 5.91 Å². The predicted octanol–water partition coefficient (Wildman–Crippen LogP) is 0.903. The first-order valence-electron chi connectivity index (χ1n) is 5.51. The van der Waals surface area contributed by atoms with Crippen molar-refractivity contribution in [2.45, 2.75) is 38.1 Å². The number of morpholine rings is 1. The quantitative estimate of drug-likeness (QED) is 0.814. The average Bonchev–Trinajstić information content (AvgIpc) is 2.25. The van der Waals surface area contributed by atoms with E-state index in [0.717, 1.165) is 0 Å². The van der Waals surface area contributed by atoms with Crippen molar-refractivity contribution in [3.05, 3.63) is 0 Å². The second-order valence-electron chi connectivity index (χ2n) is 4.22. The Hall–Kier alpha value is -0.820. The number of hydrogen-bond acceptors (Lipinski definition) is 3. The van der Waals surface area contributed by atoms with Crippen molar-refractivity contribution in [1.29, 1.82) is 0 Å². The number of nitrogens with two attached hydrogens (primary N) is 1. The number of carbonyl (C=O) groups excluding carboxylic acids is 1. The van der Waals surface area contributed by atoms with Gasteiger partial charge in [0.05, 0.1) is 19.1 Å². The van der Waals surface area contributed by atoms with Gasteiger partial charge in [0.25, 0.3) is 0 Å². The Morgan fingerprint density at radius 1 is 1.59 bits per heavy atom. The molecule has 2 N–H and O–H groups in total. The lowest BCUT2D eigenvalue weighted by Crippen LogP contribution is -2.51. The molecule has 0 aromatic heterocycles. The van der Waals surface area contributed by atoms with Gasteiger partial charge in [-0.05, 0) is 6.92 Å². The molecule has 1 fully saturated rings. The van der Waals surface area contributed by atoms with E-state index in [9.17, 15) is 18.0 Å². The Balaban J connectivity index is 2.41. The molecular weight excluding hydrogens is 237 g/mol. The van der Waals surface area contributed by atoms with Gasteiger partial charge in [-0.1, -0.05) is 0 Å². The zero-order valence-electron chi connectivity index (χ0n) is 9.67. The van der Waals surface area contributed by atoms with Crippen molar-refractivity contribution in [2.24, 2.45) is 5.73 Å². The van der Waals surface area contributed by atoms with E-state index in [1.165, 1.54) is 4.90 Å². The molecule has 4 nitrogen and oxygen atoms in total. The Bertz CT molecular complexity index is 269. The van der Waals surface area contributed by atoms with Crippen molar-refractivity contribution in [3.8, 4) is 0 Å². The maximum atomic E-state index is 12.0. The summed E-state index contributed by atoms with van der Waals surface area (Å²) in [5.74, 6) is -0.490. The van der Waals surface area contributed by atoms with Crippen LogP contribution in [0.3, 0.4) is 0 Å². The summed E-state index contributed by atoms with van der Waals surface area (Å²) in [6.07, 6.45) is -6.16. The Morgan fingerprint density at radius 3 is 2.76 bits per heavy atom. The van der Waals surface area contributed by atoms with Gasteiger partial charge in [0, 0.05) is 25.6 Å². The molecule has 0 aromatic rings. The lowest BCUT2D eigenvalue weighted by atomic mass is 10.1. The number of halogens is 3. The van der Waals surface area contributed by atoms with E-state index in [0.29, 0.717) is 13.2 Å². The fraction of sp³-hybridized carbons (Fsp3) is 0.900. The highest BCUT2D eigenvalue weighted by molar-refractivity contribution is 5.76. The minimum Gasteiger partial charge on any atom is -0.373 e. The SMILES string of the molecule is CC(N)C1CN(C(=O)CCC(F)(F)F)CCO1. The second-order valence-corrected chi connectivity index (χ2v) is 4.22. The fourth-order valence-electron chi connectivity index (χ4n) is 1.63. The second kappa shape index (κ2) is 5.68. The summed E-state index contributed by atoms with van der Waals surface area (Å²) in [4.78, 5) is 12.9. The van der Waals surface area contributed by atoms with E-state index < -0.39 is 24.9 Å². The van der Waals surface area contributed by atoms with Gasteiger partial charge in [-0.15, -0.1) is 0 Å². The number of hydrogen-bond donors (Lipinski definition) is 1. The van der Waals surface area contributed by atoms with Crippen molar-refractivity contribution in [3.63, 3.8) is 0 Å². The van der Waals surface area contributed by atoms with E-state index in [-0.39, 0.29) is 18.7 Å². The van der Waals surface area contributed by atoms with E-state index in [1.807, 2.05) is 0 Å². The normalized spacial score (nSPS) is 23.6. The Morgan fingerprint density at radius 2 is 2.24 bits per heavy atom. The van der Waals surface area contributed by atoms with Crippen LogP contribution in [0.15, 0.2) is 0 Å². The first-order chi connectivity index (χ1) is 7.79. The largest absolute Gasteiger partial charge is 0.389 e. The molecule has 1 rings (SSSR count). The molecule has 2 atom stereocenters. The maximum Gasteiger partial charge on any atom is 0.389 e. The first kappa shape index (κ1) is 14.2. The number of amides is 1. The fourth-order valence-corrected chi connectivity index (χ4v) is 1.63. The molecule has 0 spiro atoms. The molecule has 17 heavy (non-hydrogen) atoms. The van der Waals surface area contributed by atoms with E-state index in [4.69, 9.17) is 10.5 Å². The van der Waals surface area contributed by atoms with Gasteiger partial charge in [0.1, 0.15) is 0 Å². The van der Waals surface area contributed by atoms with Crippen LogP contribution >= 0.6 is 0 Å². The van der Waals surface area contributed by atoms with Gasteiger partial charge in [-0.25, -0.2) is 0 Å². The number of carbonyl (C=O) groups is 1. The molecule has 0 aliphatic carbocycles. The van der Waals surface area contributed by atoms with Crippen LogP contribution in [0.25, 0.3) is 0 Å². The number of nitrogens with zero attached hydrogens (tertiary/aromatic N) is 1. The van der Waals surface area contributed by atoms with Crippen LogP contribution in [0.2, 0.25) is 0 Å². The number of alkyl halides is 3. The van der Waals surface area contributed by atoms with Crippen LogP contribution in [0.5, 0.6) is 0 Å². The number of rotatable bonds is 3. The highest BCUT2D eigenvalue weighted by Gasteiger charge is 2.31. The number of ether oxygens (including phenoxy) is 1. The molecule has 1 saturated heterocycles. The van der Waals surface area contributed by atoms with Gasteiger partial charge >= 0.3 is 6.18 Å². The van der Waals surface area contributed by atoms with Crippen LogP contribution in [-0.2, 0) is 9.53 Å². The van der Waals surface area contributed by atoms with Crippen LogP contribution < -0.4 is 5.73 Å². The summed E-state index contributed by atoms with van der Waals surface area (Å²) in [7, 11) is 0. The topological polar surface area (TPSA) is 55.6 Å². The summed E-state index contributed by atoms with van der Waals surface area (Å²) in [5.41, 5.74) is 5.63. The van der Waals surface area contributed by atoms with Crippen LogP contribution in [0.4, 0.5) is 13.2 Å². The van der Waals surface area contributed by atoms with Gasteiger partial charge in [-0.3, -0.25) is 4.79 Å². The van der Waals surface area contributed by atoms with Crippen molar-refractivity contribution in [2.75, 3.05) is 19.7 Å². The minimum absolute atomic E-state index is 0.242. The van der Waals surface area contributed by atoms with Gasteiger partial charge in [-0.2, -0.15) is 13.2 Å². The third kappa shape index (κ3) is 4.91. The Kier molecular flexibility index (Phi) is 4.76. The van der Waals surface area contributed by atoms with Gasteiger partial charge in [0.2, 0.25) is 5.91 Å². The van der Waals surface area contributed by atoms with E-state index in [1.54, 1.807) is 6.92 Å². The van der Waals surface area contributed by atoms with Crippen LogP contribution in [-0.4, -0.2) is 48.8 Å². The standard InChI is InChI=1S/C10H17F3N2O2/c1-7(14)8-6-15(4-5-17-8)9(16)2-3-10(11,12)13/h7-8H,2-6,14H2,1H3. The Labute approximate surface area is 97.9 Å². The smallest absolute Gasteiger partial charge is 0.373 e. The molecule has 2 unspecified atom stereocenters. The van der Waals surface area contributed by atoms with Crippen molar-refractivity contribution in [1.82, 2.24) is 4.90 Å². The van der Waals surface area contributed by atoms with Gasteiger partial charge in [0.15, 0.2) is 0 Å². The summed E-state index contributed by atoms with van der Waals surface area (Å²) in [6, 6.07) is -0.242. The minimum atomic E-state index is -4.29. The molecule has 1 aliphatic rings. The highest BCUT2D eigenvalue weighted by Crippen LogP contribution is 2.22. The molecule has 7 heteroatoms. The molecule has 1 heterocycles. The molecule has 1 aliphatic heterocycles. The van der Waals surface area contributed by atoms with E-state index in [2.05, 4.69) is 0 Å². The summed E-state index contributed by atoms with van der Waals surface area (Å²) in [5, 5.41) is 0. The average molecular weight is 254 g/mol. The molecule has 0 aromatic carbocycles. The van der Waals surface area contributed by atoms with Gasteiger partial charge < -0.3 is 15.4 Å². The summed E-state index contributed by atoms with van der Waals surface area (Å²) >= 11 is 0. The maximum absolute atomic E-state index is 12.0. The monoisotopic (exact) mass is 254 g/mol. The first-order valence-corrected chi connectivity index (χ1v) is 5.51. The van der Waals surface area contributed by atoms with Crippen molar-refractivity contribution < 1.29 is 22.7 Å². The molecule has 0 saturated carbocycles. The zero-order chi connectivity index (χ0) is 13.1.